The van der Waals surface area contributed by atoms with E-state index < -0.39 is 6.04 Å². The number of nitrogens with one attached hydrogen (secondary N) is 1. The topological polar surface area (TPSA) is 147 Å². The SMILES string of the molecule is CCOC(=O)CSc1nnc(N)n1C(CC)C(=O)Nc1nnc(COC)s1. The van der Waals surface area contributed by atoms with Crippen LogP contribution in [0.1, 0.15) is 31.3 Å². The molecule has 27 heavy (non-hydrogen) atoms. The van der Waals surface area contributed by atoms with Gasteiger partial charge in [-0.25, -0.2) is 0 Å². The van der Waals surface area contributed by atoms with Gasteiger partial charge < -0.3 is 15.2 Å². The number of methoxy groups -OCH3 is 1. The molecule has 2 rings (SSSR count). The monoisotopic (exact) mass is 415 g/mol. The van der Waals surface area contributed by atoms with E-state index in [1.54, 1.807) is 14.0 Å². The summed E-state index contributed by atoms with van der Waals surface area (Å²) in [5.41, 5.74) is 5.90. The Morgan fingerprint density at radius 2 is 2.07 bits per heavy atom. The number of anilines is 2. The third kappa shape index (κ3) is 5.61. The molecule has 0 aromatic carbocycles. The third-order valence-corrected chi connectivity index (χ3v) is 5.01. The molecule has 0 saturated heterocycles. The Morgan fingerprint density at radius 3 is 2.74 bits per heavy atom. The van der Waals surface area contributed by atoms with Crippen LogP contribution < -0.4 is 11.1 Å². The van der Waals surface area contributed by atoms with E-state index in [0.717, 1.165) is 11.8 Å². The van der Waals surface area contributed by atoms with Crippen LogP contribution in [-0.4, -0.2) is 56.3 Å². The van der Waals surface area contributed by atoms with Crippen molar-refractivity contribution in [3.8, 4) is 0 Å². The van der Waals surface area contributed by atoms with Crippen LogP contribution >= 0.6 is 23.1 Å². The number of esters is 1. The van der Waals surface area contributed by atoms with Gasteiger partial charge in [0.1, 0.15) is 17.7 Å². The number of hydrogen-bond acceptors (Lipinski definition) is 11. The highest BCUT2D eigenvalue weighted by Gasteiger charge is 2.26. The first-order chi connectivity index (χ1) is 13.0. The molecule has 2 aromatic rings. The van der Waals surface area contributed by atoms with Crippen LogP contribution in [0.25, 0.3) is 0 Å². The fourth-order valence-corrected chi connectivity index (χ4v) is 3.67. The second-order valence-corrected chi connectivity index (χ2v) is 7.16. The summed E-state index contributed by atoms with van der Waals surface area (Å²) in [7, 11) is 1.55. The van der Waals surface area contributed by atoms with Crippen LogP contribution in [0.2, 0.25) is 0 Å². The number of aromatic nitrogens is 5. The van der Waals surface area contributed by atoms with E-state index in [0.29, 0.717) is 34.9 Å². The van der Waals surface area contributed by atoms with Gasteiger partial charge in [0.15, 0.2) is 5.16 Å². The van der Waals surface area contributed by atoms with Crippen molar-refractivity contribution in [1.29, 1.82) is 0 Å². The molecule has 0 saturated carbocycles. The van der Waals surface area contributed by atoms with Crippen LogP contribution in [0.5, 0.6) is 0 Å². The Hall–Kier alpha value is -2.25. The van der Waals surface area contributed by atoms with Gasteiger partial charge in [0.2, 0.25) is 17.0 Å². The Labute approximate surface area is 164 Å². The number of carbonyl (C=O) groups excluding carboxylic acids is 2. The van der Waals surface area contributed by atoms with Gasteiger partial charge in [-0.3, -0.25) is 19.5 Å². The third-order valence-electron chi connectivity index (χ3n) is 3.28. The predicted octanol–water partition coefficient (Wildman–Crippen LogP) is 1.10. The maximum atomic E-state index is 12.7. The van der Waals surface area contributed by atoms with E-state index in [2.05, 4.69) is 25.7 Å². The molecular formula is C14H21N7O4S2. The molecule has 0 fully saturated rings. The van der Waals surface area contributed by atoms with Crippen molar-refractivity contribution in [3.05, 3.63) is 5.01 Å². The number of rotatable bonds is 10. The number of nitrogens with two attached hydrogens (primary N) is 1. The number of hydrogen-bond donors (Lipinski definition) is 2. The zero-order valence-corrected chi connectivity index (χ0v) is 16.8. The zero-order chi connectivity index (χ0) is 19.8. The zero-order valence-electron chi connectivity index (χ0n) is 15.2. The summed E-state index contributed by atoms with van der Waals surface area (Å²) in [6, 6.07) is -0.667. The number of thioether (sulfide) groups is 1. The molecule has 11 nitrogen and oxygen atoms in total. The smallest absolute Gasteiger partial charge is 0.316 e. The van der Waals surface area contributed by atoms with Gasteiger partial charge >= 0.3 is 5.97 Å². The lowest BCUT2D eigenvalue weighted by atomic mass is 10.2. The maximum Gasteiger partial charge on any atom is 0.316 e. The van der Waals surface area contributed by atoms with E-state index >= 15 is 0 Å². The average Bonchev–Trinajstić information content (AvgIpc) is 3.22. The molecule has 0 aliphatic carbocycles. The fraction of sp³-hybridized carbons (Fsp3) is 0.571. The molecule has 0 radical (unpaired) electrons. The minimum Gasteiger partial charge on any atom is -0.465 e. The maximum absolute atomic E-state index is 12.7. The van der Waals surface area contributed by atoms with Gasteiger partial charge in [-0.05, 0) is 13.3 Å². The van der Waals surface area contributed by atoms with Crippen LogP contribution in [0.3, 0.4) is 0 Å². The lowest BCUT2D eigenvalue weighted by Crippen LogP contribution is -2.27. The average molecular weight is 416 g/mol. The molecule has 3 N–H and O–H groups in total. The largest absolute Gasteiger partial charge is 0.465 e. The molecule has 13 heteroatoms. The molecule has 0 bridgehead atoms. The van der Waals surface area contributed by atoms with E-state index in [4.69, 9.17) is 15.2 Å². The van der Waals surface area contributed by atoms with Crippen molar-refractivity contribution in [3.63, 3.8) is 0 Å². The summed E-state index contributed by atoms with van der Waals surface area (Å²) in [6.45, 7) is 4.17. The Balaban J connectivity index is 2.12. The van der Waals surface area contributed by atoms with Crippen molar-refractivity contribution in [2.45, 2.75) is 38.1 Å². The number of nitrogen functional groups attached to an aromatic ring is 1. The molecule has 1 atom stereocenters. The van der Waals surface area contributed by atoms with Gasteiger partial charge in [-0.2, -0.15) is 0 Å². The van der Waals surface area contributed by atoms with Crippen molar-refractivity contribution in [2.24, 2.45) is 0 Å². The summed E-state index contributed by atoms with van der Waals surface area (Å²) < 4.78 is 11.4. The highest BCUT2D eigenvalue weighted by Crippen LogP contribution is 2.26. The first kappa shape index (κ1) is 21.1. The lowest BCUT2D eigenvalue weighted by Gasteiger charge is -2.18. The highest BCUT2D eigenvalue weighted by atomic mass is 32.2. The van der Waals surface area contributed by atoms with E-state index in [1.165, 1.54) is 15.9 Å². The second kappa shape index (κ2) is 10.2. The number of amides is 1. The van der Waals surface area contributed by atoms with Gasteiger partial charge in [-0.15, -0.1) is 20.4 Å². The summed E-state index contributed by atoms with van der Waals surface area (Å²) in [6.07, 6.45) is 0.435. The normalized spacial score (nSPS) is 12.0. The Kier molecular flexibility index (Phi) is 7.94. The minimum atomic E-state index is -0.667. The second-order valence-electron chi connectivity index (χ2n) is 5.15. The minimum absolute atomic E-state index is 0.0425. The summed E-state index contributed by atoms with van der Waals surface area (Å²) in [5, 5.41) is 19.7. The Morgan fingerprint density at radius 1 is 1.30 bits per heavy atom. The summed E-state index contributed by atoms with van der Waals surface area (Å²) in [4.78, 5) is 24.3. The summed E-state index contributed by atoms with van der Waals surface area (Å²) >= 11 is 2.33. The summed E-state index contributed by atoms with van der Waals surface area (Å²) in [5.74, 6) is -0.587. The lowest BCUT2D eigenvalue weighted by molar-refractivity contribution is -0.139. The molecule has 2 heterocycles. The molecule has 0 aliphatic heterocycles. The van der Waals surface area contributed by atoms with Crippen molar-refractivity contribution < 1.29 is 19.1 Å². The number of nitrogens with zero attached hydrogens (tertiary/aromatic N) is 5. The van der Waals surface area contributed by atoms with E-state index in [1.807, 2.05) is 6.92 Å². The molecule has 1 amide bonds. The molecule has 0 spiro atoms. The highest BCUT2D eigenvalue weighted by molar-refractivity contribution is 7.99. The fourth-order valence-electron chi connectivity index (χ4n) is 2.17. The molecular weight excluding hydrogens is 394 g/mol. The van der Waals surface area contributed by atoms with E-state index in [-0.39, 0.29) is 23.6 Å². The van der Waals surface area contributed by atoms with Crippen molar-refractivity contribution in [2.75, 3.05) is 30.5 Å². The van der Waals surface area contributed by atoms with Crippen LogP contribution in [-0.2, 0) is 25.7 Å². The van der Waals surface area contributed by atoms with E-state index in [9.17, 15) is 9.59 Å². The first-order valence-electron chi connectivity index (χ1n) is 8.11. The number of carbonyl (C=O) groups is 2. The number of ether oxygens (including phenoxy) is 2. The van der Waals surface area contributed by atoms with Gasteiger partial charge in [-0.1, -0.05) is 30.0 Å². The van der Waals surface area contributed by atoms with Crippen LogP contribution in [0.4, 0.5) is 11.1 Å². The van der Waals surface area contributed by atoms with Gasteiger partial charge in [0.25, 0.3) is 0 Å². The quantitative estimate of drug-likeness (QED) is 0.427. The first-order valence-corrected chi connectivity index (χ1v) is 9.91. The van der Waals surface area contributed by atoms with Crippen molar-refractivity contribution >= 4 is 46.1 Å². The van der Waals surface area contributed by atoms with Crippen LogP contribution in [0, 0.1) is 0 Å². The predicted molar refractivity (Wildman–Crippen MR) is 100 cm³/mol. The molecule has 2 aromatic heterocycles. The van der Waals surface area contributed by atoms with Crippen LogP contribution in [0.15, 0.2) is 5.16 Å². The molecule has 1 unspecified atom stereocenters. The van der Waals surface area contributed by atoms with Gasteiger partial charge in [0, 0.05) is 7.11 Å². The standard InChI is InChI=1S/C14H21N7O4S2/c1-4-8(11(23)16-13-19-17-9(27-13)6-24-3)21-12(15)18-20-14(21)26-7-10(22)25-5-2/h8H,4-7H2,1-3H3,(H2,15,18)(H,16,19,23). The van der Waals surface area contributed by atoms with Gasteiger partial charge in [0.05, 0.1) is 12.4 Å². The van der Waals surface area contributed by atoms with Crippen molar-refractivity contribution in [1.82, 2.24) is 25.0 Å². The molecule has 148 valence electrons. The molecule has 0 aliphatic rings. The Bertz CT molecular complexity index is 779.